The van der Waals surface area contributed by atoms with Crippen LogP contribution in [-0.2, 0) is 20.8 Å². The van der Waals surface area contributed by atoms with E-state index >= 15 is 0 Å². The lowest BCUT2D eigenvalue weighted by Crippen LogP contribution is -2.62. The predicted molar refractivity (Wildman–Crippen MR) is 146 cm³/mol. The number of hydrogen-bond donors (Lipinski definition) is 1. The predicted octanol–water partition coefficient (Wildman–Crippen LogP) is 5.80. The van der Waals surface area contributed by atoms with Crippen LogP contribution in [0.5, 0.6) is 0 Å². The zero-order valence-electron chi connectivity index (χ0n) is 21.5. The smallest absolute Gasteiger partial charge is 0.319 e. The lowest BCUT2D eigenvalue weighted by atomic mass is 9.82. The van der Waals surface area contributed by atoms with Crippen molar-refractivity contribution in [3.63, 3.8) is 0 Å². The summed E-state index contributed by atoms with van der Waals surface area (Å²) in [5.41, 5.74) is 2.39. The Kier molecular flexibility index (Phi) is 11.1. The van der Waals surface area contributed by atoms with Crippen LogP contribution in [0.25, 0.3) is 0 Å². The highest BCUT2D eigenvalue weighted by Gasteiger charge is 2.47. The number of carbonyl (C=O) groups is 3. The molecule has 1 N–H and O–H groups in total. The molecule has 35 heavy (non-hydrogen) atoms. The molecule has 6 heteroatoms. The molecule has 2 amide bonds. The summed E-state index contributed by atoms with van der Waals surface area (Å²) in [5.74, 6) is 1.82. The number of quaternary nitrogens is 1. The molecule has 1 saturated carbocycles. The van der Waals surface area contributed by atoms with E-state index in [-0.39, 0.29) is 17.9 Å². The molecule has 0 aromatic heterocycles. The van der Waals surface area contributed by atoms with Gasteiger partial charge >= 0.3 is 5.91 Å². The molecule has 5 nitrogen and oxygen atoms in total. The number of unbranched alkanes of at least 4 members (excludes halogenated alkanes) is 3. The van der Waals surface area contributed by atoms with Crippen molar-refractivity contribution < 1.29 is 14.4 Å². The van der Waals surface area contributed by atoms with E-state index in [0.717, 1.165) is 75.6 Å². The first-order valence-electron chi connectivity index (χ1n) is 13.5. The second kappa shape index (κ2) is 14.0. The molecule has 2 aliphatic rings. The number of allylic oxidation sites excluding steroid dienone is 1. The van der Waals surface area contributed by atoms with E-state index in [4.69, 9.17) is 0 Å². The SMILES string of the molecule is CCc1cccc([N+](CC)(C(=O)CC2C=CSC2)C2CCC(C(=O)NCCCCCC=O)CC2)c1. The maximum atomic E-state index is 14.0. The molecule has 1 aliphatic heterocycles. The monoisotopic (exact) mass is 499 g/mol. The largest absolute Gasteiger partial charge is 0.356 e. The van der Waals surface area contributed by atoms with Crippen LogP contribution < -0.4 is 9.80 Å². The van der Waals surface area contributed by atoms with Gasteiger partial charge in [0.15, 0.2) is 0 Å². The minimum atomic E-state index is 0.0335. The van der Waals surface area contributed by atoms with E-state index in [0.29, 0.717) is 35.7 Å². The number of thioether (sulfide) groups is 1. The van der Waals surface area contributed by atoms with Crippen molar-refractivity contribution in [3.8, 4) is 0 Å². The van der Waals surface area contributed by atoms with Crippen LogP contribution in [0.15, 0.2) is 35.7 Å². The molecule has 0 spiro atoms. The molecule has 2 unspecified atom stereocenters. The standard InChI is InChI=1S/C29H42N2O3S/c1-3-23-10-9-11-27(20-23)31(4-2,28(33)21-24-16-19-35-22-24)26-14-12-25(13-15-26)29(34)30-17-7-5-6-8-18-32/h9-11,16,18-20,24-26H,3-8,12-15,17,21-22H2,1-2H3/p+1. The van der Waals surface area contributed by atoms with Crippen molar-refractivity contribution in [2.24, 2.45) is 11.8 Å². The van der Waals surface area contributed by atoms with Crippen LogP contribution in [0.3, 0.4) is 0 Å². The minimum absolute atomic E-state index is 0.0335. The van der Waals surface area contributed by atoms with Crippen LogP contribution in [0.1, 0.15) is 77.2 Å². The highest BCUT2D eigenvalue weighted by atomic mass is 32.2. The Labute approximate surface area is 215 Å². The van der Waals surface area contributed by atoms with E-state index in [9.17, 15) is 14.4 Å². The lowest BCUT2D eigenvalue weighted by Gasteiger charge is -2.44. The van der Waals surface area contributed by atoms with Crippen molar-refractivity contribution in [1.29, 1.82) is 0 Å². The number of nitrogens with zero attached hydrogens (tertiary/aromatic N) is 1. The fourth-order valence-corrected chi connectivity index (χ4v) is 6.70. The Hall–Kier alpha value is -1.92. The summed E-state index contributed by atoms with van der Waals surface area (Å²) in [6.07, 6.45) is 11.5. The third-order valence-corrected chi connectivity index (χ3v) is 8.88. The summed E-state index contributed by atoms with van der Waals surface area (Å²) in [6, 6.07) is 8.84. The molecular formula is C29H43N2O3S+. The van der Waals surface area contributed by atoms with Gasteiger partial charge in [0.05, 0.1) is 13.0 Å². The molecule has 192 valence electrons. The van der Waals surface area contributed by atoms with Crippen LogP contribution in [0, 0.1) is 11.8 Å². The highest BCUT2D eigenvalue weighted by Crippen LogP contribution is 2.39. The van der Waals surface area contributed by atoms with E-state index in [1.807, 2.05) is 0 Å². The maximum Gasteiger partial charge on any atom is 0.319 e. The molecule has 1 aromatic rings. The molecule has 1 heterocycles. The summed E-state index contributed by atoms with van der Waals surface area (Å²) in [5, 5.41) is 5.23. The van der Waals surface area contributed by atoms with Gasteiger partial charge in [-0.3, -0.25) is 4.79 Å². The molecular weight excluding hydrogens is 456 g/mol. The van der Waals surface area contributed by atoms with E-state index in [1.165, 1.54) is 5.56 Å². The summed E-state index contributed by atoms with van der Waals surface area (Å²) >= 11 is 1.80. The van der Waals surface area contributed by atoms with Gasteiger partial charge in [-0.25, -0.2) is 9.28 Å². The van der Waals surface area contributed by atoms with E-state index in [1.54, 1.807) is 11.8 Å². The Morgan fingerprint density at radius 1 is 1.11 bits per heavy atom. The number of rotatable bonds is 13. The van der Waals surface area contributed by atoms with E-state index < -0.39 is 0 Å². The minimum Gasteiger partial charge on any atom is -0.356 e. The third-order valence-electron chi connectivity index (χ3n) is 7.91. The quantitative estimate of drug-likeness (QED) is 0.212. The van der Waals surface area contributed by atoms with Gasteiger partial charge in [-0.1, -0.05) is 31.6 Å². The Bertz CT molecular complexity index is 878. The van der Waals surface area contributed by atoms with Gasteiger partial charge in [0.25, 0.3) is 0 Å². The molecule has 1 aromatic carbocycles. The number of aryl methyl sites for hydroxylation is 1. The topological polar surface area (TPSA) is 63.2 Å². The van der Waals surface area contributed by atoms with Crippen molar-refractivity contribution in [2.75, 3.05) is 18.8 Å². The maximum absolute atomic E-state index is 14.0. The lowest BCUT2D eigenvalue weighted by molar-refractivity contribution is -0.134. The number of carbonyl (C=O) groups excluding carboxylic acids is 3. The second-order valence-corrected chi connectivity index (χ2v) is 11.0. The molecule has 1 aliphatic carbocycles. The zero-order chi connectivity index (χ0) is 25.1. The first-order chi connectivity index (χ1) is 17.0. The van der Waals surface area contributed by atoms with Gasteiger partial charge in [0.2, 0.25) is 5.91 Å². The average molecular weight is 500 g/mol. The number of hydrogen-bond acceptors (Lipinski definition) is 4. The first kappa shape index (κ1) is 27.7. The van der Waals surface area contributed by atoms with Gasteiger partial charge in [-0.15, -0.1) is 11.8 Å². The van der Waals surface area contributed by atoms with Gasteiger partial charge in [-0.05, 0) is 62.0 Å². The average Bonchev–Trinajstić information content (AvgIpc) is 3.40. The van der Waals surface area contributed by atoms with Gasteiger partial charge < -0.3 is 10.1 Å². The van der Waals surface area contributed by atoms with Crippen molar-refractivity contribution in [1.82, 2.24) is 9.80 Å². The van der Waals surface area contributed by atoms with Crippen molar-refractivity contribution in [2.45, 2.75) is 84.1 Å². The number of amides is 2. The Balaban J connectivity index is 1.69. The van der Waals surface area contributed by atoms with Crippen molar-refractivity contribution >= 4 is 35.5 Å². The third kappa shape index (κ3) is 7.07. The summed E-state index contributed by atoms with van der Waals surface area (Å²) in [7, 11) is 0. The molecule has 3 rings (SSSR count). The fraction of sp³-hybridized carbons (Fsp3) is 0.621. The van der Waals surface area contributed by atoms with Gasteiger partial charge in [0, 0.05) is 43.5 Å². The number of aldehydes is 1. The Morgan fingerprint density at radius 3 is 2.57 bits per heavy atom. The number of nitrogens with one attached hydrogen (secondary N) is 1. The van der Waals surface area contributed by atoms with Crippen LogP contribution >= 0.6 is 11.8 Å². The summed E-state index contributed by atoms with van der Waals surface area (Å²) < 4.78 is 0.411. The van der Waals surface area contributed by atoms with Crippen LogP contribution in [0.2, 0.25) is 0 Å². The summed E-state index contributed by atoms with van der Waals surface area (Å²) in [4.78, 5) is 37.3. The summed E-state index contributed by atoms with van der Waals surface area (Å²) in [6.45, 7) is 5.74. The molecule has 0 bridgehead atoms. The molecule has 0 saturated heterocycles. The van der Waals surface area contributed by atoms with E-state index in [2.05, 4.69) is 54.9 Å². The number of benzene rings is 1. The Morgan fingerprint density at radius 2 is 1.91 bits per heavy atom. The molecule has 2 atom stereocenters. The molecule has 0 radical (unpaired) electrons. The van der Waals surface area contributed by atoms with Gasteiger partial charge in [-0.2, -0.15) is 0 Å². The zero-order valence-corrected chi connectivity index (χ0v) is 22.4. The first-order valence-corrected chi connectivity index (χ1v) is 14.6. The normalized spacial score (nSPS) is 23.5. The second-order valence-electron chi connectivity index (χ2n) is 10.0. The van der Waals surface area contributed by atoms with Crippen LogP contribution in [0.4, 0.5) is 5.69 Å². The van der Waals surface area contributed by atoms with Gasteiger partial charge in [0.1, 0.15) is 18.0 Å². The fourth-order valence-electron chi connectivity index (χ4n) is 5.78. The van der Waals surface area contributed by atoms with Crippen molar-refractivity contribution in [3.05, 3.63) is 41.3 Å². The van der Waals surface area contributed by atoms with Crippen LogP contribution in [-0.4, -0.2) is 43.0 Å². The highest BCUT2D eigenvalue weighted by molar-refractivity contribution is 8.02. The molecule has 1 fully saturated rings.